The van der Waals surface area contributed by atoms with Crippen LogP contribution in [-0.4, -0.2) is 37.1 Å². The summed E-state index contributed by atoms with van der Waals surface area (Å²) in [6, 6.07) is 9.16. The van der Waals surface area contributed by atoms with Crippen LogP contribution in [0.1, 0.15) is 37.0 Å². The molecule has 0 atom stereocenters. The van der Waals surface area contributed by atoms with Gasteiger partial charge in [-0.15, -0.1) is 0 Å². The van der Waals surface area contributed by atoms with E-state index in [4.69, 9.17) is 4.74 Å². The molecule has 0 saturated heterocycles. The van der Waals surface area contributed by atoms with Crippen molar-refractivity contribution in [1.29, 1.82) is 0 Å². The van der Waals surface area contributed by atoms with Gasteiger partial charge >= 0.3 is 5.97 Å². The lowest BCUT2D eigenvalue weighted by Gasteiger charge is -2.34. The summed E-state index contributed by atoms with van der Waals surface area (Å²) in [6.07, 6.45) is 1.64. The van der Waals surface area contributed by atoms with E-state index < -0.39 is 5.60 Å². The number of carbonyl (C=O) groups excluding carboxylic acids is 1. The summed E-state index contributed by atoms with van der Waals surface area (Å²) in [6.45, 7) is 4.87. The summed E-state index contributed by atoms with van der Waals surface area (Å²) in [7, 11) is 3.99. The normalized spacial score (nSPS) is 11.6. The van der Waals surface area contributed by atoms with Crippen LogP contribution in [0.15, 0.2) is 30.3 Å². The molecule has 0 saturated carbocycles. The second-order valence-electron chi connectivity index (χ2n) is 4.88. The van der Waals surface area contributed by atoms with Crippen molar-refractivity contribution in [3.05, 3.63) is 35.9 Å². The molecule has 18 heavy (non-hydrogen) atoms. The van der Waals surface area contributed by atoms with Gasteiger partial charge in [-0.25, -0.2) is 4.79 Å². The molecule has 3 nitrogen and oxygen atoms in total. The summed E-state index contributed by atoms with van der Waals surface area (Å²) >= 11 is 0. The zero-order valence-corrected chi connectivity index (χ0v) is 11.8. The number of esters is 1. The SMILES string of the molecule is CCC(CC)(CN(C)C)OC(=O)c1ccccc1. The van der Waals surface area contributed by atoms with Gasteiger partial charge in [-0.2, -0.15) is 0 Å². The summed E-state index contributed by atoms with van der Waals surface area (Å²) in [5.74, 6) is -0.235. The van der Waals surface area contributed by atoms with E-state index in [1.165, 1.54) is 0 Å². The van der Waals surface area contributed by atoms with Gasteiger partial charge in [0, 0.05) is 6.54 Å². The van der Waals surface area contributed by atoms with Crippen LogP contribution in [-0.2, 0) is 4.74 Å². The summed E-state index contributed by atoms with van der Waals surface area (Å²) in [5, 5.41) is 0. The summed E-state index contributed by atoms with van der Waals surface area (Å²) < 4.78 is 5.75. The number of ether oxygens (including phenoxy) is 1. The fourth-order valence-corrected chi connectivity index (χ4v) is 2.06. The van der Waals surface area contributed by atoms with Crippen molar-refractivity contribution in [3.8, 4) is 0 Å². The van der Waals surface area contributed by atoms with E-state index in [0.29, 0.717) is 5.56 Å². The maximum absolute atomic E-state index is 12.1. The van der Waals surface area contributed by atoms with Crippen LogP contribution >= 0.6 is 0 Å². The van der Waals surface area contributed by atoms with Crippen LogP contribution in [0.5, 0.6) is 0 Å². The Bertz CT molecular complexity index is 369. The number of carbonyl (C=O) groups is 1. The van der Waals surface area contributed by atoms with Gasteiger partial charge in [-0.3, -0.25) is 0 Å². The highest BCUT2D eigenvalue weighted by Gasteiger charge is 2.31. The zero-order chi connectivity index (χ0) is 13.6. The van der Waals surface area contributed by atoms with E-state index in [9.17, 15) is 4.79 Å². The first-order valence-electron chi connectivity index (χ1n) is 6.46. The number of nitrogens with zero attached hydrogens (tertiary/aromatic N) is 1. The molecule has 1 aromatic carbocycles. The topological polar surface area (TPSA) is 29.5 Å². The molecule has 0 aliphatic rings. The van der Waals surface area contributed by atoms with Crippen LogP contribution < -0.4 is 0 Å². The lowest BCUT2D eigenvalue weighted by molar-refractivity contribution is -0.0342. The van der Waals surface area contributed by atoms with Gasteiger partial charge in [-0.1, -0.05) is 32.0 Å². The van der Waals surface area contributed by atoms with Gasteiger partial charge in [0.1, 0.15) is 5.60 Å². The van der Waals surface area contributed by atoms with Crippen molar-refractivity contribution in [3.63, 3.8) is 0 Å². The Morgan fingerprint density at radius 2 is 1.72 bits per heavy atom. The molecular weight excluding hydrogens is 226 g/mol. The first-order chi connectivity index (χ1) is 8.53. The summed E-state index contributed by atoms with van der Waals surface area (Å²) in [5.41, 5.74) is 0.221. The largest absolute Gasteiger partial charge is 0.454 e. The van der Waals surface area contributed by atoms with Gasteiger partial charge < -0.3 is 9.64 Å². The molecule has 0 radical (unpaired) electrons. The van der Waals surface area contributed by atoms with Crippen molar-refractivity contribution in [2.24, 2.45) is 0 Å². The molecule has 0 aliphatic heterocycles. The lowest BCUT2D eigenvalue weighted by atomic mass is 9.96. The van der Waals surface area contributed by atoms with Crippen LogP contribution in [0, 0.1) is 0 Å². The fraction of sp³-hybridized carbons (Fsp3) is 0.533. The molecule has 0 amide bonds. The first kappa shape index (κ1) is 14.7. The molecule has 0 heterocycles. The molecule has 0 N–H and O–H groups in total. The van der Waals surface area contributed by atoms with Crippen molar-refractivity contribution in [1.82, 2.24) is 4.90 Å². The summed E-state index contributed by atoms with van der Waals surface area (Å²) in [4.78, 5) is 14.2. The zero-order valence-electron chi connectivity index (χ0n) is 11.8. The molecule has 0 unspecified atom stereocenters. The predicted molar refractivity (Wildman–Crippen MR) is 73.7 cm³/mol. The minimum absolute atomic E-state index is 0.235. The molecule has 0 aliphatic carbocycles. The van der Waals surface area contributed by atoms with Crippen molar-refractivity contribution >= 4 is 5.97 Å². The maximum atomic E-state index is 12.1. The van der Waals surface area contributed by atoms with Crippen LogP contribution in [0.2, 0.25) is 0 Å². The van der Waals surface area contributed by atoms with Gasteiger partial charge in [0.25, 0.3) is 0 Å². The monoisotopic (exact) mass is 249 g/mol. The van der Waals surface area contributed by atoms with E-state index in [1.54, 1.807) is 12.1 Å². The van der Waals surface area contributed by atoms with E-state index >= 15 is 0 Å². The third-order valence-corrected chi connectivity index (χ3v) is 3.21. The third-order valence-electron chi connectivity index (χ3n) is 3.21. The molecule has 0 fully saturated rings. The number of likely N-dealkylation sites (N-methyl/N-ethyl adjacent to an activating group) is 1. The molecule has 100 valence electrons. The lowest BCUT2D eigenvalue weighted by Crippen LogP contribution is -2.43. The Morgan fingerprint density at radius 3 is 2.17 bits per heavy atom. The van der Waals surface area contributed by atoms with Crippen LogP contribution in [0.3, 0.4) is 0 Å². The molecule has 1 aromatic rings. The van der Waals surface area contributed by atoms with E-state index in [1.807, 2.05) is 32.3 Å². The highest BCUT2D eigenvalue weighted by Crippen LogP contribution is 2.23. The third kappa shape index (κ3) is 3.84. The fourth-order valence-electron chi connectivity index (χ4n) is 2.06. The smallest absolute Gasteiger partial charge is 0.338 e. The van der Waals surface area contributed by atoms with Gasteiger partial charge in [0.2, 0.25) is 0 Å². The number of hydrogen-bond acceptors (Lipinski definition) is 3. The molecule has 1 rings (SSSR count). The van der Waals surface area contributed by atoms with Gasteiger partial charge in [0.15, 0.2) is 0 Å². The van der Waals surface area contributed by atoms with Gasteiger partial charge in [0.05, 0.1) is 5.56 Å². The Balaban J connectivity index is 2.81. The molecule has 0 bridgehead atoms. The Labute approximate surface area is 110 Å². The van der Waals surface area contributed by atoms with Crippen LogP contribution in [0.4, 0.5) is 0 Å². The highest BCUT2D eigenvalue weighted by atomic mass is 16.6. The quantitative estimate of drug-likeness (QED) is 0.726. The minimum Gasteiger partial charge on any atom is -0.454 e. The number of benzene rings is 1. The maximum Gasteiger partial charge on any atom is 0.338 e. The average molecular weight is 249 g/mol. The van der Waals surface area contributed by atoms with Crippen molar-refractivity contribution in [2.75, 3.05) is 20.6 Å². The Morgan fingerprint density at radius 1 is 1.17 bits per heavy atom. The predicted octanol–water partition coefficient (Wildman–Crippen LogP) is 2.96. The molecule has 3 heteroatoms. The Hall–Kier alpha value is -1.35. The van der Waals surface area contributed by atoms with Crippen molar-refractivity contribution in [2.45, 2.75) is 32.3 Å². The highest BCUT2D eigenvalue weighted by molar-refractivity contribution is 5.89. The van der Waals surface area contributed by atoms with E-state index in [-0.39, 0.29) is 5.97 Å². The number of hydrogen-bond donors (Lipinski definition) is 0. The minimum atomic E-state index is -0.392. The van der Waals surface area contributed by atoms with Crippen molar-refractivity contribution < 1.29 is 9.53 Å². The molecule has 0 spiro atoms. The van der Waals surface area contributed by atoms with Crippen LogP contribution in [0.25, 0.3) is 0 Å². The molecule has 0 aromatic heterocycles. The van der Waals surface area contributed by atoms with Gasteiger partial charge in [-0.05, 0) is 39.1 Å². The second kappa shape index (κ2) is 6.55. The van der Waals surface area contributed by atoms with E-state index in [0.717, 1.165) is 19.4 Å². The molecular formula is C15H23NO2. The second-order valence-corrected chi connectivity index (χ2v) is 4.88. The number of rotatable bonds is 6. The standard InChI is InChI=1S/C15H23NO2/c1-5-15(6-2,12-16(3)4)18-14(17)13-10-8-7-9-11-13/h7-11H,5-6,12H2,1-4H3. The first-order valence-corrected chi connectivity index (χ1v) is 6.46. The Kier molecular flexibility index (Phi) is 5.35. The van der Waals surface area contributed by atoms with E-state index in [2.05, 4.69) is 18.7 Å². The average Bonchev–Trinajstić information content (AvgIpc) is 2.38.